The lowest BCUT2D eigenvalue weighted by Gasteiger charge is -2.24. The van der Waals surface area contributed by atoms with E-state index in [1.807, 2.05) is 0 Å². The number of ether oxygens (including phenoxy) is 1. The molecule has 0 saturated heterocycles. The summed E-state index contributed by atoms with van der Waals surface area (Å²) >= 11 is 0. The maximum absolute atomic E-state index is 13.5. The molecule has 0 amide bonds. The Hall–Kier alpha value is -1.04. The number of hydrogen-bond donors (Lipinski definition) is 2. The summed E-state index contributed by atoms with van der Waals surface area (Å²) in [5.41, 5.74) is -1.31. The maximum Gasteiger partial charge on any atom is 0.132 e. The third-order valence-electron chi connectivity index (χ3n) is 2.46. The molecule has 5 heteroatoms. The zero-order valence-electron chi connectivity index (χ0n) is 9.96. The lowest BCUT2D eigenvalue weighted by Crippen LogP contribution is -2.37. The second-order valence-electron chi connectivity index (χ2n) is 4.07. The van der Waals surface area contributed by atoms with Gasteiger partial charge in [-0.1, -0.05) is 6.07 Å². The first-order valence-corrected chi connectivity index (χ1v) is 5.35. The first-order chi connectivity index (χ1) is 7.97. The first kappa shape index (κ1) is 14.0. The number of hydrogen-bond acceptors (Lipinski definition) is 3. The van der Waals surface area contributed by atoms with Crippen LogP contribution in [0.4, 0.5) is 8.78 Å². The van der Waals surface area contributed by atoms with Crippen LogP contribution in [0.5, 0.6) is 0 Å². The number of aliphatic hydroxyl groups is 1. The highest BCUT2D eigenvalue weighted by molar-refractivity contribution is 5.24. The molecule has 1 aromatic rings. The van der Waals surface area contributed by atoms with Gasteiger partial charge in [0.1, 0.15) is 17.2 Å². The van der Waals surface area contributed by atoms with Gasteiger partial charge in [-0.3, -0.25) is 0 Å². The molecule has 1 rings (SSSR count). The number of benzene rings is 1. The average Bonchev–Trinajstić information content (AvgIpc) is 2.24. The van der Waals surface area contributed by atoms with E-state index in [2.05, 4.69) is 5.32 Å². The van der Waals surface area contributed by atoms with E-state index in [-0.39, 0.29) is 12.1 Å². The van der Waals surface area contributed by atoms with Crippen molar-refractivity contribution in [3.8, 4) is 0 Å². The molecule has 96 valence electrons. The summed E-state index contributed by atoms with van der Waals surface area (Å²) in [5, 5.41) is 13.0. The summed E-state index contributed by atoms with van der Waals surface area (Å²) in [4.78, 5) is 0. The topological polar surface area (TPSA) is 41.5 Å². The molecule has 1 unspecified atom stereocenters. The van der Waals surface area contributed by atoms with Crippen LogP contribution in [-0.4, -0.2) is 31.9 Å². The van der Waals surface area contributed by atoms with Crippen LogP contribution in [0, 0.1) is 11.6 Å². The van der Waals surface area contributed by atoms with Gasteiger partial charge in [0, 0.05) is 31.8 Å². The molecule has 2 N–H and O–H groups in total. The molecular weight excluding hydrogens is 228 g/mol. The van der Waals surface area contributed by atoms with E-state index in [4.69, 9.17) is 4.74 Å². The van der Waals surface area contributed by atoms with Crippen molar-refractivity contribution in [1.82, 2.24) is 5.32 Å². The van der Waals surface area contributed by atoms with Gasteiger partial charge in [-0.15, -0.1) is 0 Å². The molecule has 0 spiro atoms. The van der Waals surface area contributed by atoms with Gasteiger partial charge in [-0.25, -0.2) is 8.78 Å². The van der Waals surface area contributed by atoms with Gasteiger partial charge in [0.05, 0.1) is 6.61 Å². The van der Waals surface area contributed by atoms with Gasteiger partial charge >= 0.3 is 0 Å². The van der Waals surface area contributed by atoms with Crippen LogP contribution < -0.4 is 5.32 Å². The Bertz CT molecular complexity index is 370. The Labute approximate surface area is 99.4 Å². The average molecular weight is 245 g/mol. The summed E-state index contributed by atoms with van der Waals surface area (Å²) < 4.78 is 31.0. The standard InChI is InChI=1S/C12H17F2NO2/c1-12(16,8-15-5-6-17-2)10-4-3-9(13)7-11(10)14/h3-4,7,15-16H,5-6,8H2,1-2H3. The molecular formula is C12H17F2NO2. The van der Waals surface area contributed by atoms with Crippen LogP contribution in [0.1, 0.15) is 12.5 Å². The van der Waals surface area contributed by atoms with Crippen LogP contribution >= 0.6 is 0 Å². The predicted molar refractivity (Wildman–Crippen MR) is 60.7 cm³/mol. The van der Waals surface area contributed by atoms with E-state index in [1.54, 1.807) is 7.11 Å². The monoisotopic (exact) mass is 245 g/mol. The van der Waals surface area contributed by atoms with E-state index in [1.165, 1.54) is 13.0 Å². The van der Waals surface area contributed by atoms with Gasteiger partial charge < -0.3 is 15.2 Å². The molecule has 1 atom stereocenters. The predicted octanol–water partition coefficient (Wildman–Crippen LogP) is 1.41. The van der Waals surface area contributed by atoms with E-state index in [0.717, 1.165) is 12.1 Å². The quantitative estimate of drug-likeness (QED) is 0.745. The van der Waals surface area contributed by atoms with Crippen LogP contribution in [0.15, 0.2) is 18.2 Å². The van der Waals surface area contributed by atoms with E-state index >= 15 is 0 Å². The van der Waals surface area contributed by atoms with Crippen LogP contribution in [0.3, 0.4) is 0 Å². The lowest BCUT2D eigenvalue weighted by molar-refractivity contribution is 0.0512. The van der Waals surface area contributed by atoms with Gasteiger partial charge in [0.15, 0.2) is 0 Å². The summed E-state index contributed by atoms with van der Waals surface area (Å²) in [7, 11) is 1.57. The van der Waals surface area contributed by atoms with Gasteiger partial charge in [-0.2, -0.15) is 0 Å². The summed E-state index contributed by atoms with van der Waals surface area (Å²) in [6.07, 6.45) is 0. The number of halogens is 2. The Kier molecular flexibility index (Phi) is 4.99. The normalized spacial score (nSPS) is 14.6. The fourth-order valence-corrected chi connectivity index (χ4v) is 1.53. The Morgan fingerprint density at radius 1 is 1.41 bits per heavy atom. The smallest absolute Gasteiger partial charge is 0.132 e. The highest BCUT2D eigenvalue weighted by Crippen LogP contribution is 2.23. The largest absolute Gasteiger partial charge is 0.384 e. The zero-order chi connectivity index (χ0) is 12.9. The van der Waals surface area contributed by atoms with Crippen molar-refractivity contribution < 1.29 is 18.6 Å². The third kappa shape index (κ3) is 4.03. The van der Waals surface area contributed by atoms with E-state index in [0.29, 0.717) is 13.2 Å². The summed E-state index contributed by atoms with van der Waals surface area (Å²) in [6.45, 7) is 2.69. The van der Waals surface area contributed by atoms with Crippen molar-refractivity contribution in [1.29, 1.82) is 0 Å². The molecule has 0 bridgehead atoms. The second kappa shape index (κ2) is 6.05. The Morgan fingerprint density at radius 3 is 2.71 bits per heavy atom. The number of rotatable bonds is 6. The molecule has 0 radical (unpaired) electrons. The molecule has 0 saturated carbocycles. The van der Waals surface area contributed by atoms with Crippen molar-refractivity contribution >= 4 is 0 Å². The minimum atomic E-state index is -1.38. The molecule has 0 fully saturated rings. The fourth-order valence-electron chi connectivity index (χ4n) is 1.53. The zero-order valence-corrected chi connectivity index (χ0v) is 9.96. The number of methoxy groups -OCH3 is 1. The number of nitrogens with one attached hydrogen (secondary N) is 1. The third-order valence-corrected chi connectivity index (χ3v) is 2.46. The van der Waals surface area contributed by atoms with E-state index < -0.39 is 17.2 Å². The highest BCUT2D eigenvalue weighted by Gasteiger charge is 2.26. The lowest BCUT2D eigenvalue weighted by atomic mass is 9.95. The van der Waals surface area contributed by atoms with Crippen molar-refractivity contribution in [3.63, 3.8) is 0 Å². The first-order valence-electron chi connectivity index (χ1n) is 5.35. The Balaban J connectivity index is 2.68. The minimum absolute atomic E-state index is 0.0730. The highest BCUT2D eigenvalue weighted by atomic mass is 19.1. The minimum Gasteiger partial charge on any atom is -0.384 e. The fraction of sp³-hybridized carbons (Fsp3) is 0.500. The molecule has 0 heterocycles. The molecule has 1 aromatic carbocycles. The molecule has 0 aliphatic heterocycles. The summed E-state index contributed by atoms with van der Waals surface area (Å²) in [5.74, 6) is -1.40. The van der Waals surface area contributed by atoms with Crippen molar-refractivity contribution in [2.75, 3.05) is 26.8 Å². The van der Waals surface area contributed by atoms with Crippen molar-refractivity contribution in [2.24, 2.45) is 0 Å². The van der Waals surface area contributed by atoms with Gasteiger partial charge in [-0.05, 0) is 13.0 Å². The van der Waals surface area contributed by atoms with Crippen LogP contribution in [-0.2, 0) is 10.3 Å². The molecule has 0 aliphatic carbocycles. The second-order valence-corrected chi connectivity index (χ2v) is 4.07. The van der Waals surface area contributed by atoms with Crippen LogP contribution in [0.25, 0.3) is 0 Å². The molecule has 0 aromatic heterocycles. The van der Waals surface area contributed by atoms with Crippen molar-refractivity contribution in [3.05, 3.63) is 35.4 Å². The Morgan fingerprint density at radius 2 is 2.12 bits per heavy atom. The summed E-state index contributed by atoms with van der Waals surface area (Å²) in [6, 6.07) is 3.14. The maximum atomic E-state index is 13.5. The van der Waals surface area contributed by atoms with E-state index in [9.17, 15) is 13.9 Å². The molecule has 0 aliphatic rings. The SMILES string of the molecule is COCCNCC(C)(O)c1ccc(F)cc1F. The molecule has 17 heavy (non-hydrogen) atoms. The van der Waals surface area contributed by atoms with Crippen molar-refractivity contribution in [2.45, 2.75) is 12.5 Å². The molecule has 3 nitrogen and oxygen atoms in total. The van der Waals surface area contributed by atoms with Gasteiger partial charge in [0.25, 0.3) is 0 Å². The van der Waals surface area contributed by atoms with Crippen LogP contribution in [0.2, 0.25) is 0 Å². The van der Waals surface area contributed by atoms with Gasteiger partial charge in [0.2, 0.25) is 0 Å².